The van der Waals surface area contributed by atoms with E-state index in [-0.39, 0.29) is 18.4 Å². The third kappa shape index (κ3) is 9.50. The maximum Gasteiger partial charge on any atom is 0.244 e. The van der Waals surface area contributed by atoms with E-state index in [9.17, 15) is 18.0 Å². The number of carbonyl (C=O) groups excluding carboxylic acids is 2. The van der Waals surface area contributed by atoms with Gasteiger partial charge in [0.05, 0.1) is 11.9 Å². The maximum absolute atomic E-state index is 13.8. The second-order valence-corrected chi connectivity index (χ2v) is 12.5. The second kappa shape index (κ2) is 14.9. The van der Waals surface area contributed by atoms with E-state index in [0.717, 1.165) is 16.1 Å². The first-order valence-electron chi connectivity index (χ1n) is 13.5. The van der Waals surface area contributed by atoms with Gasteiger partial charge in [-0.25, -0.2) is 8.42 Å². The van der Waals surface area contributed by atoms with Crippen molar-refractivity contribution in [3.05, 3.63) is 95.0 Å². The monoisotopic (exact) mass is 599 g/mol. The van der Waals surface area contributed by atoms with Crippen LogP contribution >= 0.6 is 11.6 Å². The largest absolute Gasteiger partial charge is 0.489 e. The number of carbonyl (C=O) groups is 2. The van der Waals surface area contributed by atoms with Crippen molar-refractivity contribution in [1.82, 2.24) is 10.2 Å². The van der Waals surface area contributed by atoms with E-state index in [0.29, 0.717) is 41.6 Å². The zero-order chi connectivity index (χ0) is 30.0. The van der Waals surface area contributed by atoms with Gasteiger partial charge >= 0.3 is 0 Å². The second-order valence-electron chi connectivity index (χ2n) is 10.2. The zero-order valence-corrected chi connectivity index (χ0v) is 25.5. The summed E-state index contributed by atoms with van der Waals surface area (Å²) in [7, 11) is -3.85. The van der Waals surface area contributed by atoms with Crippen molar-refractivity contribution in [2.24, 2.45) is 5.92 Å². The summed E-state index contributed by atoms with van der Waals surface area (Å²) in [6.07, 6.45) is 1.39. The molecule has 3 rings (SSSR count). The minimum absolute atomic E-state index is 0.0516. The summed E-state index contributed by atoms with van der Waals surface area (Å²) in [6, 6.07) is 22.5. The fourth-order valence-electron chi connectivity index (χ4n) is 4.22. The summed E-state index contributed by atoms with van der Waals surface area (Å²) in [4.78, 5) is 28.4. The van der Waals surface area contributed by atoms with Gasteiger partial charge in [-0.3, -0.25) is 13.9 Å². The molecule has 3 aromatic carbocycles. The van der Waals surface area contributed by atoms with Crippen molar-refractivity contribution in [2.75, 3.05) is 23.7 Å². The van der Waals surface area contributed by atoms with Gasteiger partial charge in [0.25, 0.3) is 0 Å². The maximum atomic E-state index is 13.8. The highest BCUT2D eigenvalue weighted by Gasteiger charge is 2.32. The van der Waals surface area contributed by atoms with E-state index in [2.05, 4.69) is 5.32 Å². The van der Waals surface area contributed by atoms with Crippen LogP contribution in [0, 0.1) is 5.92 Å². The topological polar surface area (TPSA) is 96.0 Å². The van der Waals surface area contributed by atoms with Gasteiger partial charge in [0.15, 0.2) is 0 Å². The number of benzene rings is 3. The van der Waals surface area contributed by atoms with Crippen LogP contribution in [0.2, 0.25) is 5.02 Å². The van der Waals surface area contributed by atoms with Gasteiger partial charge in [-0.15, -0.1) is 0 Å². The summed E-state index contributed by atoms with van der Waals surface area (Å²) < 4.78 is 32.6. The molecule has 0 aliphatic carbocycles. The first-order valence-corrected chi connectivity index (χ1v) is 15.8. The number of amides is 2. The molecule has 2 amide bonds. The molecule has 0 unspecified atom stereocenters. The smallest absolute Gasteiger partial charge is 0.244 e. The Morgan fingerprint density at radius 3 is 2.17 bits per heavy atom. The van der Waals surface area contributed by atoms with E-state index < -0.39 is 28.5 Å². The Labute approximate surface area is 248 Å². The van der Waals surface area contributed by atoms with E-state index in [1.54, 1.807) is 48.5 Å². The van der Waals surface area contributed by atoms with Crippen LogP contribution in [0.3, 0.4) is 0 Å². The highest BCUT2D eigenvalue weighted by atomic mass is 35.5. The molecule has 0 aromatic heterocycles. The molecule has 8 nitrogen and oxygen atoms in total. The van der Waals surface area contributed by atoms with Gasteiger partial charge < -0.3 is 15.0 Å². The van der Waals surface area contributed by atoms with Crippen molar-refractivity contribution in [3.63, 3.8) is 0 Å². The molecule has 220 valence electrons. The molecule has 0 saturated carbocycles. The summed E-state index contributed by atoms with van der Waals surface area (Å²) in [5.41, 5.74) is 1.97. The standard InChI is InChI=1S/C31H38ClN3O5S/c1-5-29(31(37)33-19-23(2)3)34(20-25-13-9-10-14-28(25)32)30(36)21-35(41(4,38)39)26-15-17-27(18-16-26)40-22-24-11-7-6-8-12-24/h6-18,23,29H,5,19-22H2,1-4H3,(H,33,37)/t29-/m0/s1. The quantitative estimate of drug-likeness (QED) is 0.273. The van der Waals surface area contributed by atoms with Crippen LogP contribution in [0.4, 0.5) is 5.69 Å². The molecule has 3 aromatic rings. The number of hydrogen-bond acceptors (Lipinski definition) is 5. The summed E-state index contributed by atoms with van der Waals surface area (Å²) in [6.45, 7) is 6.17. The first-order chi connectivity index (χ1) is 19.5. The van der Waals surface area contributed by atoms with Gasteiger partial charge in [-0.1, -0.05) is 80.9 Å². The summed E-state index contributed by atoms with van der Waals surface area (Å²) >= 11 is 6.40. The molecular formula is C31H38ClN3O5S. The van der Waals surface area contributed by atoms with E-state index in [1.807, 2.05) is 51.1 Å². The van der Waals surface area contributed by atoms with Crippen LogP contribution in [0.25, 0.3) is 0 Å². The third-order valence-electron chi connectivity index (χ3n) is 6.42. The van der Waals surface area contributed by atoms with Crippen LogP contribution in [-0.4, -0.2) is 50.5 Å². The molecule has 10 heteroatoms. The molecule has 0 radical (unpaired) electrons. The molecule has 0 spiro atoms. The number of nitrogens with zero attached hydrogens (tertiary/aromatic N) is 2. The van der Waals surface area contributed by atoms with Crippen molar-refractivity contribution in [2.45, 2.75) is 46.4 Å². The predicted octanol–water partition coefficient (Wildman–Crippen LogP) is 5.26. The number of sulfonamides is 1. The molecule has 0 heterocycles. The Balaban J connectivity index is 1.85. The van der Waals surface area contributed by atoms with Crippen LogP contribution < -0.4 is 14.4 Å². The van der Waals surface area contributed by atoms with Crippen molar-refractivity contribution in [3.8, 4) is 5.75 Å². The molecule has 0 saturated heterocycles. The zero-order valence-electron chi connectivity index (χ0n) is 23.9. The van der Waals surface area contributed by atoms with Gasteiger partial charge in [0.1, 0.15) is 24.9 Å². The molecule has 0 aliphatic heterocycles. The van der Waals surface area contributed by atoms with Crippen molar-refractivity contribution < 1.29 is 22.7 Å². The fourth-order valence-corrected chi connectivity index (χ4v) is 5.26. The fraction of sp³-hybridized carbons (Fsp3) is 0.355. The third-order valence-corrected chi connectivity index (χ3v) is 7.93. The van der Waals surface area contributed by atoms with Gasteiger partial charge in [0.2, 0.25) is 21.8 Å². The summed E-state index contributed by atoms with van der Waals surface area (Å²) in [5.74, 6) is -0.0335. The van der Waals surface area contributed by atoms with Crippen LogP contribution in [-0.2, 0) is 32.8 Å². The van der Waals surface area contributed by atoms with Crippen LogP contribution in [0.5, 0.6) is 5.75 Å². The number of hydrogen-bond donors (Lipinski definition) is 1. The van der Waals surface area contributed by atoms with Crippen LogP contribution in [0.1, 0.15) is 38.3 Å². The average Bonchev–Trinajstić information content (AvgIpc) is 2.94. The van der Waals surface area contributed by atoms with Crippen molar-refractivity contribution in [1.29, 1.82) is 0 Å². The minimum Gasteiger partial charge on any atom is -0.489 e. The van der Waals surface area contributed by atoms with E-state index in [4.69, 9.17) is 16.3 Å². The van der Waals surface area contributed by atoms with Crippen molar-refractivity contribution >= 4 is 39.1 Å². The Hall–Kier alpha value is -3.56. The van der Waals surface area contributed by atoms with Gasteiger partial charge in [-0.05, 0) is 53.8 Å². The highest BCUT2D eigenvalue weighted by molar-refractivity contribution is 7.92. The molecule has 41 heavy (non-hydrogen) atoms. The SMILES string of the molecule is CC[C@@H](C(=O)NCC(C)C)N(Cc1ccccc1Cl)C(=O)CN(c1ccc(OCc2ccccc2)cc1)S(C)(=O)=O. The number of ether oxygens (including phenoxy) is 1. The predicted molar refractivity (Wildman–Crippen MR) is 163 cm³/mol. The summed E-state index contributed by atoms with van der Waals surface area (Å²) in [5, 5.41) is 3.36. The molecular weight excluding hydrogens is 562 g/mol. The Kier molecular flexibility index (Phi) is 11.6. The molecule has 0 bridgehead atoms. The molecule has 0 aliphatic rings. The number of nitrogens with one attached hydrogen (secondary N) is 1. The Morgan fingerprint density at radius 2 is 1.59 bits per heavy atom. The average molecular weight is 600 g/mol. The molecule has 0 fully saturated rings. The van der Waals surface area contributed by atoms with Gasteiger partial charge in [-0.2, -0.15) is 0 Å². The number of halogens is 1. The molecule has 1 N–H and O–H groups in total. The lowest BCUT2D eigenvalue weighted by Gasteiger charge is -2.33. The van der Waals surface area contributed by atoms with E-state index in [1.165, 1.54) is 4.90 Å². The number of anilines is 1. The molecule has 1 atom stereocenters. The lowest BCUT2D eigenvalue weighted by molar-refractivity contribution is -0.140. The Morgan fingerprint density at radius 1 is 0.951 bits per heavy atom. The Bertz CT molecular complexity index is 1400. The normalized spacial score (nSPS) is 12.0. The lowest BCUT2D eigenvalue weighted by Crippen LogP contribution is -2.52. The minimum atomic E-state index is -3.85. The number of rotatable bonds is 14. The van der Waals surface area contributed by atoms with Gasteiger partial charge in [0, 0.05) is 18.1 Å². The lowest BCUT2D eigenvalue weighted by atomic mass is 10.1. The van der Waals surface area contributed by atoms with Crippen LogP contribution in [0.15, 0.2) is 78.9 Å². The first kappa shape index (κ1) is 32.0. The van der Waals surface area contributed by atoms with E-state index >= 15 is 0 Å². The highest BCUT2D eigenvalue weighted by Crippen LogP contribution is 2.24.